The predicted octanol–water partition coefficient (Wildman–Crippen LogP) is 5.31. The van der Waals surface area contributed by atoms with E-state index in [0.29, 0.717) is 18.1 Å². The Labute approximate surface area is 182 Å². The SMILES string of the molecule is O=C1CCCC2=C1C(c1ccc(OC3CCCC3)cc1)C1=C(N2)c2ccccc2C1=O. The minimum Gasteiger partial charge on any atom is -0.490 e. The number of Topliss-reactive ketones (excluding diaryl/α,β-unsaturated/α-hetero) is 2. The number of carbonyl (C=O) groups excluding carboxylic acids is 2. The first-order valence-electron chi connectivity index (χ1n) is 11.4. The van der Waals surface area contributed by atoms with Gasteiger partial charge >= 0.3 is 0 Å². The van der Waals surface area contributed by atoms with E-state index in [1.807, 2.05) is 48.5 Å². The Bertz CT molecular complexity index is 1150. The van der Waals surface area contributed by atoms with E-state index in [4.69, 9.17) is 4.74 Å². The molecule has 0 bridgehead atoms. The molecule has 3 aliphatic carbocycles. The van der Waals surface area contributed by atoms with E-state index in [2.05, 4.69) is 5.32 Å². The van der Waals surface area contributed by atoms with Crippen LogP contribution in [0.2, 0.25) is 0 Å². The molecule has 6 rings (SSSR count). The molecule has 156 valence electrons. The molecule has 31 heavy (non-hydrogen) atoms. The van der Waals surface area contributed by atoms with Crippen LogP contribution in [-0.2, 0) is 4.79 Å². The van der Waals surface area contributed by atoms with Gasteiger partial charge in [0.2, 0.25) is 0 Å². The number of nitrogens with one attached hydrogen (secondary N) is 1. The lowest BCUT2D eigenvalue weighted by atomic mass is 9.75. The summed E-state index contributed by atoms with van der Waals surface area (Å²) < 4.78 is 6.13. The molecule has 0 spiro atoms. The van der Waals surface area contributed by atoms with Crippen molar-refractivity contribution in [3.63, 3.8) is 0 Å². The average Bonchev–Trinajstić information content (AvgIpc) is 3.40. The average molecular weight is 412 g/mol. The van der Waals surface area contributed by atoms with E-state index in [-0.39, 0.29) is 17.5 Å². The summed E-state index contributed by atoms with van der Waals surface area (Å²) >= 11 is 0. The van der Waals surface area contributed by atoms with Gasteiger partial charge in [-0.05, 0) is 56.2 Å². The van der Waals surface area contributed by atoms with Crippen molar-refractivity contribution in [3.8, 4) is 5.75 Å². The maximum absolute atomic E-state index is 13.4. The lowest BCUT2D eigenvalue weighted by Gasteiger charge is -2.33. The third-order valence-corrected chi connectivity index (χ3v) is 7.08. The molecular weight excluding hydrogens is 386 g/mol. The van der Waals surface area contributed by atoms with Crippen LogP contribution in [0.15, 0.2) is 65.4 Å². The summed E-state index contributed by atoms with van der Waals surface area (Å²) in [6.07, 6.45) is 7.24. The fourth-order valence-corrected chi connectivity index (χ4v) is 5.61. The van der Waals surface area contributed by atoms with Gasteiger partial charge in [0.25, 0.3) is 0 Å². The van der Waals surface area contributed by atoms with Gasteiger partial charge in [0, 0.05) is 40.3 Å². The monoisotopic (exact) mass is 411 g/mol. The lowest BCUT2D eigenvalue weighted by Crippen LogP contribution is -2.31. The molecule has 1 fully saturated rings. The van der Waals surface area contributed by atoms with Gasteiger partial charge in [-0.2, -0.15) is 0 Å². The molecule has 2 aromatic carbocycles. The molecule has 1 atom stereocenters. The highest BCUT2D eigenvalue weighted by Crippen LogP contribution is 2.48. The summed E-state index contributed by atoms with van der Waals surface area (Å²) in [6, 6.07) is 15.8. The Morgan fingerprint density at radius 1 is 0.806 bits per heavy atom. The molecule has 0 saturated heterocycles. The highest BCUT2D eigenvalue weighted by Gasteiger charge is 2.43. The maximum atomic E-state index is 13.4. The first-order valence-corrected chi connectivity index (χ1v) is 11.4. The van der Waals surface area contributed by atoms with Crippen molar-refractivity contribution in [1.29, 1.82) is 0 Å². The molecule has 1 unspecified atom stereocenters. The minimum atomic E-state index is -0.320. The number of fused-ring (bicyclic) bond motifs is 2. The van der Waals surface area contributed by atoms with Crippen LogP contribution in [0.25, 0.3) is 5.70 Å². The number of benzene rings is 2. The van der Waals surface area contributed by atoms with Crippen molar-refractivity contribution in [3.05, 3.63) is 82.1 Å². The van der Waals surface area contributed by atoms with Gasteiger partial charge < -0.3 is 10.1 Å². The van der Waals surface area contributed by atoms with Crippen LogP contribution in [0.5, 0.6) is 5.75 Å². The predicted molar refractivity (Wildman–Crippen MR) is 119 cm³/mol. The van der Waals surface area contributed by atoms with E-state index in [1.165, 1.54) is 12.8 Å². The summed E-state index contributed by atoms with van der Waals surface area (Å²) in [4.78, 5) is 26.5. The van der Waals surface area contributed by atoms with E-state index in [1.54, 1.807) is 0 Å². The van der Waals surface area contributed by atoms with Crippen LogP contribution < -0.4 is 10.1 Å². The van der Waals surface area contributed by atoms with Crippen molar-refractivity contribution in [1.82, 2.24) is 5.32 Å². The fraction of sp³-hybridized carbons (Fsp3) is 0.333. The molecule has 2 aromatic rings. The summed E-state index contributed by atoms with van der Waals surface area (Å²) in [5, 5.41) is 3.49. The second-order valence-corrected chi connectivity index (χ2v) is 8.98. The zero-order chi connectivity index (χ0) is 20.9. The second-order valence-electron chi connectivity index (χ2n) is 8.98. The van der Waals surface area contributed by atoms with Crippen LogP contribution in [-0.4, -0.2) is 17.7 Å². The Balaban J connectivity index is 1.43. The summed E-state index contributed by atoms with van der Waals surface area (Å²) in [5.74, 6) is 0.725. The zero-order valence-corrected chi connectivity index (χ0v) is 17.4. The van der Waals surface area contributed by atoms with Crippen LogP contribution in [0.1, 0.15) is 72.3 Å². The van der Waals surface area contributed by atoms with Crippen LogP contribution in [0.4, 0.5) is 0 Å². The van der Waals surface area contributed by atoms with Gasteiger partial charge in [0.1, 0.15) is 5.75 Å². The molecule has 4 heteroatoms. The second kappa shape index (κ2) is 7.23. The highest BCUT2D eigenvalue weighted by atomic mass is 16.5. The van der Waals surface area contributed by atoms with Crippen LogP contribution in [0.3, 0.4) is 0 Å². The van der Waals surface area contributed by atoms with Gasteiger partial charge in [0.05, 0.1) is 11.8 Å². The molecule has 1 heterocycles. The van der Waals surface area contributed by atoms with Crippen LogP contribution in [0, 0.1) is 0 Å². The normalized spacial score (nSPS) is 22.9. The van der Waals surface area contributed by atoms with E-state index < -0.39 is 0 Å². The van der Waals surface area contributed by atoms with Crippen molar-refractivity contribution in [2.24, 2.45) is 0 Å². The van der Waals surface area contributed by atoms with Crippen molar-refractivity contribution in [2.45, 2.75) is 57.0 Å². The maximum Gasteiger partial charge on any atom is 0.192 e. The molecule has 0 radical (unpaired) electrons. The molecule has 4 aliphatic rings. The number of hydrogen-bond acceptors (Lipinski definition) is 4. The Morgan fingerprint density at radius 3 is 2.32 bits per heavy atom. The van der Waals surface area contributed by atoms with Gasteiger partial charge in [0.15, 0.2) is 11.6 Å². The molecule has 1 N–H and O–H groups in total. The van der Waals surface area contributed by atoms with E-state index in [0.717, 1.165) is 65.1 Å². The van der Waals surface area contributed by atoms with Gasteiger partial charge in [-0.1, -0.05) is 36.4 Å². The van der Waals surface area contributed by atoms with Gasteiger partial charge in [-0.3, -0.25) is 9.59 Å². The number of ketones is 2. The largest absolute Gasteiger partial charge is 0.490 e. The van der Waals surface area contributed by atoms with E-state index >= 15 is 0 Å². The van der Waals surface area contributed by atoms with Crippen molar-refractivity contribution >= 4 is 17.3 Å². The molecule has 4 nitrogen and oxygen atoms in total. The molecule has 0 aromatic heterocycles. The van der Waals surface area contributed by atoms with Crippen molar-refractivity contribution < 1.29 is 14.3 Å². The number of ether oxygens (including phenoxy) is 1. The van der Waals surface area contributed by atoms with E-state index in [9.17, 15) is 9.59 Å². The lowest BCUT2D eigenvalue weighted by molar-refractivity contribution is -0.116. The fourth-order valence-electron chi connectivity index (χ4n) is 5.61. The van der Waals surface area contributed by atoms with Gasteiger partial charge in [-0.15, -0.1) is 0 Å². The summed E-state index contributed by atoms with van der Waals surface area (Å²) in [6.45, 7) is 0. The molecule has 1 aliphatic heterocycles. The third kappa shape index (κ3) is 2.96. The topological polar surface area (TPSA) is 55.4 Å². The molecule has 0 amide bonds. The first-order chi connectivity index (χ1) is 15.2. The van der Waals surface area contributed by atoms with Gasteiger partial charge in [-0.25, -0.2) is 0 Å². The third-order valence-electron chi connectivity index (χ3n) is 7.08. The number of rotatable bonds is 3. The number of dihydropyridines is 1. The Kier molecular flexibility index (Phi) is 4.34. The molecule has 1 saturated carbocycles. The molecular formula is C27H25NO3. The minimum absolute atomic E-state index is 0.0271. The number of allylic oxidation sites excluding steroid dienone is 3. The standard InChI is InChI=1S/C27H25NO3/c29-22-11-5-10-21-24(22)23(16-12-14-18(15-13-16)31-17-6-1-2-7-17)25-26(28-21)19-8-3-4-9-20(19)27(25)30/h3-4,8-9,12-15,17,23,28H,1-2,5-7,10-11H2. The highest BCUT2D eigenvalue weighted by molar-refractivity contribution is 6.23. The number of carbonyl (C=O) groups is 2. The smallest absolute Gasteiger partial charge is 0.192 e. The first kappa shape index (κ1) is 18.6. The van der Waals surface area contributed by atoms with Crippen molar-refractivity contribution in [2.75, 3.05) is 0 Å². The summed E-state index contributed by atoms with van der Waals surface area (Å²) in [5.41, 5.74) is 5.99. The van der Waals surface area contributed by atoms with Crippen LogP contribution >= 0.6 is 0 Å². The Morgan fingerprint density at radius 2 is 1.55 bits per heavy atom. The Hall–Kier alpha value is -3.14. The quantitative estimate of drug-likeness (QED) is 0.744. The number of hydrogen-bond donors (Lipinski definition) is 1. The summed E-state index contributed by atoms with van der Waals surface area (Å²) in [7, 11) is 0. The zero-order valence-electron chi connectivity index (χ0n) is 17.4.